The third kappa shape index (κ3) is 4.58. The summed E-state index contributed by atoms with van der Waals surface area (Å²) in [4.78, 5) is 14.9. The second kappa shape index (κ2) is 8.99. The Bertz CT molecular complexity index is 856. The average molecular weight is 437 g/mol. The summed E-state index contributed by atoms with van der Waals surface area (Å²) in [5.74, 6) is 0.0790. The van der Waals surface area contributed by atoms with E-state index in [0.29, 0.717) is 52.1 Å². The Balaban J connectivity index is 1.41. The molecule has 1 atom stereocenters. The van der Waals surface area contributed by atoms with Crippen LogP contribution in [0.15, 0.2) is 41.4 Å². The highest BCUT2D eigenvalue weighted by Gasteiger charge is 2.33. The molecular weight excluding hydrogens is 408 g/mol. The average Bonchev–Trinajstić information content (AvgIpc) is 3.46. The minimum absolute atomic E-state index is 0.0311. The number of aromatic nitrogens is 1. The van der Waals surface area contributed by atoms with E-state index in [1.165, 1.54) is 0 Å². The van der Waals surface area contributed by atoms with Gasteiger partial charge in [0.05, 0.1) is 12.5 Å². The molecule has 9 heteroatoms. The van der Waals surface area contributed by atoms with Crippen LogP contribution in [0, 0.1) is 0 Å². The fraction of sp³-hybridized carbons (Fsp3) is 0.550. The van der Waals surface area contributed by atoms with E-state index in [-0.39, 0.29) is 11.9 Å². The molecule has 2 aliphatic heterocycles. The third-order valence-corrected chi connectivity index (χ3v) is 8.55. The van der Waals surface area contributed by atoms with Crippen molar-refractivity contribution in [2.75, 3.05) is 39.3 Å². The predicted molar refractivity (Wildman–Crippen MR) is 114 cm³/mol. The topological polar surface area (TPSA) is 65.9 Å². The first kappa shape index (κ1) is 20.6. The van der Waals surface area contributed by atoms with Gasteiger partial charge in [-0.2, -0.15) is 28.4 Å². The van der Waals surface area contributed by atoms with Crippen molar-refractivity contribution in [2.45, 2.75) is 31.7 Å². The lowest BCUT2D eigenvalue weighted by Gasteiger charge is -2.27. The van der Waals surface area contributed by atoms with Crippen LogP contribution in [0.1, 0.15) is 37.3 Å². The van der Waals surface area contributed by atoms with Gasteiger partial charge in [0.2, 0.25) is 5.91 Å². The summed E-state index contributed by atoms with van der Waals surface area (Å²) in [6.07, 6.45) is 6.89. The highest BCUT2D eigenvalue weighted by molar-refractivity contribution is 7.86. The van der Waals surface area contributed by atoms with Gasteiger partial charge in [0.1, 0.15) is 0 Å². The minimum Gasteiger partial charge on any atom is -0.346 e. The number of rotatable bonds is 6. The van der Waals surface area contributed by atoms with Crippen LogP contribution in [-0.2, 0) is 15.0 Å². The van der Waals surface area contributed by atoms with Crippen molar-refractivity contribution in [2.24, 2.45) is 0 Å². The second-order valence-electron chi connectivity index (χ2n) is 7.65. The normalized spacial score (nSPS) is 20.6. The molecule has 158 valence electrons. The zero-order chi connectivity index (χ0) is 20.3. The second-order valence-corrected chi connectivity index (χ2v) is 10.4. The maximum absolute atomic E-state index is 13.1. The van der Waals surface area contributed by atoms with E-state index in [9.17, 15) is 13.2 Å². The number of hydrogen-bond acceptors (Lipinski definition) is 4. The Hall–Kier alpha value is -1.68. The number of amides is 1. The molecule has 0 bridgehead atoms. The molecular formula is C20H28N4O3S2. The number of carbonyl (C=O) groups excluding carboxylic acids is 1. The van der Waals surface area contributed by atoms with E-state index >= 15 is 0 Å². The van der Waals surface area contributed by atoms with Crippen molar-refractivity contribution in [3.05, 3.63) is 46.9 Å². The van der Waals surface area contributed by atoms with Crippen LogP contribution >= 0.6 is 11.3 Å². The highest BCUT2D eigenvalue weighted by Crippen LogP contribution is 2.26. The molecule has 2 aliphatic rings. The predicted octanol–water partition coefficient (Wildman–Crippen LogP) is 2.40. The number of nitrogens with zero attached hydrogens (tertiary/aromatic N) is 4. The number of hydrogen-bond donors (Lipinski definition) is 0. The zero-order valence-electron chi connectivity index (χ0n) is 16.5. The van der Waals surface area contributed by atoms with E-state index in [0.717, 1.165) is 18.4 Å². The van der Waals surface area contributed by atoms with Crippen LogP contribution in [0.25, 0.3) is 0 Å². The van der Waals surface area contributed by atoms with Crippen molar-refractivity contribution in [3.8, 4) is 0 Å². The molecule has 0 unspecified atom stereocenters. The monoisotopic (exact) mass is 436 g/mol. The first-order chi connectivity index (χ1) is 14.1. The van der Waals surface area contributed by atoms with Gasteiger partial charge < -0.3 is 9.47 Å². The van der Waals surface area contributed by atoms with Gasteiger partial charge >= 0.3 is 0 Å². The molecule has 2 aromatic rings. The Morgan fingerprint density at radius 3 is 2.34 bits per heavy atom. The molecule has 2 saturated heterocycles. The summed E-state index contributed by atoms with van der Waals surface area (Å²) in [5.41, 5.74) is 1.13. The Morgan fingerprint density at radius 1 is 0.966 bits per heavy atom. The van der Waals surface area contributed by atoms with Gasteiger partial charge in [-0.3, -0.25) is 4.79 Å². The summed E-state index contributed by atoms with van der Waals surface area (Å²) >= 11 is 1.63. The maximum Gasteiger partial charge on any atom is 0.282 e. The molecule has 2 fully saturated rings. The van der Waals surface area contributed by atoms with Gasteiger partial charge in [0.25, 0.3) is 10.2 Å². The minimum atomic E-state index is -3.40. The Kier molecular flexibility index (Phi) is 6.38. The molecule has 1 amide bonds. The van der Waals surface area contributed by atoms with Crippen LogP contribution < -0.4 is 0 Å². The quantitative estimate of drug-likeness (QED) is 0.698. The van der Waals surface area contributed by atoms with E-state index < -0.39 is 10.2 Å². The van der Waals surface area contributed by atoms with Gasteiger partial charge in [-0.1, -0.05) is 0 Å². The number of carbonyl (C=O) groups is 1. The highest BCUT2D eigenvalue weighted by atomic mass is 32.2. The Morgan fingerprint density at radius 2 is 1.66 bits per heavy atom. The van der Waals surface area contributed by atoms with Gasteiger partial charge in [-0.15, -0.1) is 0 Å². The Labute approximate surface area is 176 Å². The molecule has 2 aromatic heterocycles. The van der Waals surface area contributed by atoms with Gasteiger partial charge in [-0.25, -0.2) is 0 Å². The molecule has 29 heavy (non-hydrogen) atoms. The van der Waals surface area contributed by atoms with Gasteiger partial charge in [0.15, 0.2) is 0 Å². The van der Waals surface area contributed by atoms with Gasteiger partial charge in [0, 0.05) is 51.7 Å². The third-order valence-electron chi connectivity index (χ3n) is 5.81. The zero-order valence-corrected chi connectivity index (χ0v) is 18.2. The van der Waals surface area contributed by atoms with Crippen LogP contribution in [0.4, 0.5) is 0 Å². The summed E-state index contributed by atoms with van der Waals surface area (Å²) in [5, 5.41) is 4.12. The molecule has 0 saturated carbocycles. The van der Waals surface area contributed by atoms with Crippen molar-refractivity contribution < 1.29 is 13.2 Å². The molecule has 4 rings (SSSR count). The number of thiophene rings is 1. The van der Waals surface area contributed by atoms with E-state index in [4.69, 9.17) is 0 Å². The van der Waals surface area contributed by atoms with Crippen LogP contribution in [-0.4, -0.2) is 71.7 Å². The molecule has 7 nitrogen and oxygen atoms in total. The summed E-state index contributed by atoms with van der Waals surface area (Å²) < 4.78 is 30.9. The van der Waals surface area contributed by atoms with Crippen LogP contribution in [0.5, 0.6) is 0 Å². The largest absolute Gasteiger partial charge is 0.346 e. The lowest BCUT2D eigenvalue weighted by Crippen LogP contribution is -2.44. The van der Waals surface area contributed by atoms with Crippen molar-refractivity contribution in [1.29, 1.82) is 0 Å². The fourth-order valence-corrected chi connectivity index (χ4v) is 6.59. The van der Waals surface area contributed by atoms with Crippen molar-refractivity contribution >= 4 is 27.5 Å². The summed E-state index contributed by atoms with van der Waals surface area (Å²) in [7, 11) is -3.40. The molecule has 0 radical (unpaired) electrons. The first-order valence-electron chi connectivity index (χ1n) is 10.2. The molecule has 0 spiro atoms. The maximum atomic E-state index is 13.1. The van der Waals surface area contributed by atoms with Crippen LogP contribution in [0.2, 0.25) is 0 Å². The van der Waals surface area contributed by atoms with Crippen LogP contribution in [0.3, 0.4) is 0 Å². The standard InChI is InChI=1S/C20H28N4O3S2/c25-20(16-19(18-6-15-28-17-18)21-7-1-2-8-21)22-9-5-12-24(14-13-22)29(26,27)23-10-3-4-11-23/h1-2,6-8,15,17,19H,3-5,9-14,16H2/t19-/m1/s1. The van der Waals surface area contributed by atoms with E-state index in [1.807, 2.05) is 34.8 Å². The smallest absolute Gasteiger partial charge is 0.282 e. The van der Waals surface area contributed by atoms with Gasteiger partial charge in [-0.05, 0) is 53.8 Å². The molecule has 0 aromatic carbocycles. The molecule has 0 N–H and O–H groups in total. The molecule has 0 aliphatic carbocycles. The summed E-state index contributed by atoms with van der Waals surface area (Å²) in [6, 6.07) is 5.97. The van der Waals surface area contributed by atoms with Crippen molar-refractivity contribution in [1.82, 2.24) is 18.1 Å². The first-order valence-corrected chi connectivity index (χ1v) is 12.6. The van der Waals surface area contributed by atoms with Crippen molar-refractivity contribution in [3.63, 3.8) is 0 Å². The lowest BCUT2D eigenvalue weighted by molar-refractivity contribution is -0.131. The molecule has 4 heterocycles. The lowest BCUT2D eigenvalue weighted by atomic mass is 10.1. The summed E-state index contributed by atoms with van der Waals surface area (Å²) in [6.45, 7) is 3.13. The SMILES string of the molecule is O=C(C[C@H](c1ccsc1)n1cccc1)N1CCCN(S(=O)(=O)N2CCCC2)CC1. The van der Waals surface area contributed by atoms with E-state index in [1.54, 1.807) is 19.9 Å². The fourth-order valence-electron chi connectivity index (χ4n) is 4.17. The van der Waals surface area contributed by atoms with E-state index in [2.05, 4.69) is 16.0 Å².